The molecule has 1 amide bonds. The molecule has 0 radical (unpaired) electrons. The van der Waals surface area contributed by atoms with Crippen LogP contribution in [0.3, 0.4) is 0 Å². The minimum absolute atomic E-state index is 0.0470. The van der Waals surface area contributed by atoms with Gasteiger partial charge in [0.2, 0.25) is 15.9 Å². The molecule has 1 N–H and O–H groups in total. The fraction of sp³-hybridized carbons (Fsp3) is 0.588. The maximum absolute atomic E-state index is 12.0. The summed E-state index contributed by atoms with van der Waals surface area (Å²) in [5, 5.41) is 2.84. The minimum Gasteiger partial charge on any atom is -0.374 e. The third-order valence-electron chi connectivity index (χ3n) is 4.02. The van der Waals surface area contributed by atoms with Crippen molar-refractivity contribution in [3.63, 3.8) is 0 Å². The van der Waals surface area contributed by atoms with Crippen molar-refractivity contribution >= 4 is 15.9 Å². The van der Waals surface area contributed by atoms with Crippen LogP contribution < -0.4 is 5.32 Å². The van der Waals surface area contributed by atoms with Gasteiger partial charge in [0, 0.05) is 26.1 Å². The van der Waals surface area contributed by atoms with Gasteiger partial charge in [0.15, 0.2) is 0 Å². The summed E-state index contributed by atoms with van der Waals surface area (Å²) in [6.45, 7) is 5.44. The van der Waals surface area contributed by atoms with Gasteiger partial charge in [-0.1, -0.05) is 29.3 Å². The molecule has 0 aliphatic carbocycles. The fourth-order valence-electron chi connectivity index (χ4n) is 2.90. The van der Waals surface area contributed by atoms with Crippen LogP contribution in [0.4, 0.5) is 0 Å². The van der Waals surface area contributed by atoms with E-state index in [4.69, 9.17) is 4.74 Å². The second kappa shape index (κ2) is 8.09. The highest BCUT2D eigenvalue weighted by molar-refractivity contribution is 7.88. The van der Waals surface area contributed by atoms with Gasteiger partial charge in [0.25, 0.3) is 0 Å². The third kappa shape index (κ3) is 5.89. The average Bonchev–Trinajstić information content (AvgIpc) is 2.49. The van der Waals surface area contributed by atoms with E-state index >= 15 is 0 Å². The highest BCUT2D eigenvalue weighted by Gasteiger charge is 2.26. The van der Waals surface area contributed by atoms with E-state index in [-0.39, 0.29) is 18.6 Å². The predicted molar refractivity (Wildman–Crippen MR) is 93.4 cm³/mol. The van der Waals surface area contributed by atoms with Crippen LogP contribution in [-0.2, 0) is 26.0 Å². The Balaban J connectivity index is 1.76. The molecule has 0 aromatic heterocycles. The summed E-state index contributed by atoms with van der Waals surface area (Å²) in [6.07, 6.45) is 2.00. The molecule has 2 rings (SSSR count). The second-order valence-corrected chi connectivity index (χ2v) is 8.40. The second-order valence-electron chi connectivity index (χ2n) is 6.41. The van der Waals surface area contributed by atoms with E-state index in [1.807, 2.05) is 13.8 Å². The smallest absolute Gasteiger partial charge is 0.220 e. The van der Waals surface area contributed by atoms with Gasteiger partial charge in [0.1, 0.15) is 0 Å². The lowest BCUT2D eigenvalue weighted by Gasteiger charge is -2.31. The van der Waals surface area contributed by atoms with Gasteiger partial charge in [-0.05, 0) is 25.8 Å². The molecule has 1 aliphatic rings. The maximum Gasteiger partial charge on any atom is 0.220 e. The van der Waals surface area contributed by atoms with Crippen LogP contribution in [0, 0.1) is 13.8 Å². The van der Waals surface area contributed by atoms with E-state index in [2.05, 4.69) is 23.5 Å². The summed E-state index contributed by atoms with van der Waals surface area (Å²) in [5.74, 6) is -0.0470. The van der Waals surface area contributed by atoms with Crippen molar-refractivity contribution in [2.75, 3.05) is 32.5 Å². The molecule has 1 atom stereocenters. The van der Waals surface area contributed by atoms with E-state index < -0.39 is 10.0 Å². The summed E-state index contributed by atoms with van der Waals surface area (Å²) in [5.41, 5.74) is 3.54. The molecule has 1 aromatic carbocycles. The molecular formula is C17H26N2O4S. The molecule has 1 aliphatic heterocycles. The Kier molecular flexibility index (Phi) is 6.37. The van der Waals surface area contributed by atoms with E-state index in [1.165, 1.54) is 21.7 Å². The summed E-state index contributed by atoms with van der Waals surface area (Å²) >= 11 is 0. The summed E-state index contributed by atoms with van der Waals surface area (Å²) < 4.78 is 30.1. The molecule has 6 nitrogen and oxygen atoms in total. The van der Waals surface area contributed by atoms with E-state index in [0.717, 1.165) is 5.56 Å². The van der Waals surface area contributed by atoms with Crippen molar-refractivity contribution < 1.29 is 17.9 Å². The Hall–Kier alpha value is -1.44. The number of amides is 1. The first-order valence-corrected chi connectivity index (χ1v) is 9.99. The number of hydrogen-bond donors (Lipinski definition) is 1. The lowest BCUT2D eigenvalue weighted by atomic mass is 10.0. The lowest BCUT2D eigenvalue weighted by molar-refractivity contribution is -0.122. The molecular weight excluding hydrogens is 328 g/mol. The van der Waals surface area contributed by atoms with E-state index in [9.17, 15) is 13.2 Å². The molecule has 1 heterocycles. The summed E-state index contributed by atoms with van der Waals surface area (Å²) in [4.78, 5) is 12.0. The van der Waals surface area contributed by atoms with Crippen LogP contribution in [0.1, 0.15) is 23.1 Å². The number of sulfonamides is 1. The Labute approximate surface area is 144 Å². The standard InChI is InChI=1S/C17H26N2O4S/c1-13-8-14(2)10-15(9-13)4-5-17(20)18-11-16-12-19(6-7-23-16)24(3,21)22/h8-10,16H,4-7,11-12H2,1-3H3,(H,18,20)/t16-/m0/s1. The first-order chi connectivity index (χ1) is 11.2. The van der Waals surface area contributed by atoms with Gasteiger partial charge < -0.3 is 10.1 Å². The lowest BCUT2D eigenvalue weighted by Crippen LogP contribution is -2.49. The van der Waals surface area contributed by atoms with Gasteiger partial charge in [0.05, 0.1) is 19.0 Å². The van der Waals surface area contributed by atoms with E-state index in [1.54, 1.807) is 0 Å². The zero-order valence-electron chi connectivity index (χ0n) is 14.5. The molecule has 0 saturated carbocycles. The number of carbonyl (C=O) groups excluding carboxylic acids is 1. The number of aryl methyl sites for hydroxylation is 3. The highest BCUT2D eigenvalue weighted by Crippen LogP contribution is 2.11. The van der Waals surface area contributed by atoms with Crippen LogP contribution in [-0.4, -0.2) is 57.2 Å². The molecule has 0 unspecified atom stereocenters. The number of hydrogen-bond acceptors (Lipinski definition) is 4. The molecule has 1 saturated heterocycles. The molecule has 134 valence electrons. The van der Waals surface area contributed by atoms with Gasteiger partial charge in [-0.25, -0.2) is 8.42 Å². The third-order valence-corrected chi connectivity index (χ3v) is 5.29. The number of benzene rings is 1. The number of morpholine rings is 1. The van der Waals surface area contributed by atoms with Crippen molar-refractivity contribution in [2.24, 2.45) is 0 Å². The zero-order valence-corrected chi connectivity index (χ0v) is 15.4. The number of rotatable bonds is 6. The van der Waals surface area contributed by atoms with Crippen molar-refractivity contribution in [3.05, 3.63) is 34.9 Å². The highest BCUT2D eigenvalue weighted by atomic mass is 32.2. The first kappa shape index (κ1) is 18.9. The normalized spacial score (nSPS) is 19.2. The molecule has 1 aromatic rings. The van der Waals surface area contributed by atoms with Crippen molar-refractivity contribution in [3.8, 4) is 0 Å². The first-order valence-electron chi connectivity index (χ1n) is 8.14. The molecule has 0 bridgehead atoms. The number of ether oxygens (including phenoxy) is 1. The molecule has 24 heavy (non-hydrogen) atoms. The molecule has 7 heteroatoms. The van der Waals surface area contributed by atoms with Crippen LogP contribution in [0.5, 0.6) is 0 Å². The minimum atomic E-state index is -3.21. The van der Waals surface area contributed by atoms with Crippen molar-refractivity contribution in [1.29, 1.82) is 0 Å². The molecule has 0 spiro atoms. The number of carbonyl (C=O) groups is 1. The summed E-state index contributed by atoms with van der Waals surface area (Å²) in [6, 6.07) is 6.29. The van der Waals surface area contributed by atoms with Gasteiger partial charge in [-0.15, -0.1) is 0 Å². The summed E-state index contributed by atoms with van der Waals surface area (Å²) in [7, 11) is -3.21. The Morgan fingerprint density at radius 2 is 1.96 bits per heavy atom. The zero-order chi connectivity index (χ0) is 17.7. The largest absolute Gasteiger partial charge is 0.374 e. The maximum atomic E-state index is 12.0. The van der Waals surface area contributed by atoms with Gasteiger partial charge in [-0.3, -0.25) is 4.79 Å². The monoisotopic (exact) mass is 354 g/mol. The number of nitrogens with one attached hydrogen (secondary N) is 1. The molecule has 1 fully saturated rings. The SMILES string of the molecule is Cc1cc(C)cc(CCC(=O)NC[C@H]2CN(S(C)(=O)=O)CCO2)c1. The quantitative estimate of drug-likeness (QED) is 0.827. The topological polar surface area (TPSA) is 75.7 Å². The van der Waals surface area contributed by atoms with Gasteiger partial charge >= 0.3 is 0 Å². The fourth-order valence-corrected chi connectivity index (χ4v) is 3.75. The van der Waals surface area contributed by atoms with Crippen LogP contribution in [0.2, 0.25) is 0 Å². The Bertz CT molecular complexity index is 668. The van der Waals surface area contributed by atoms with Crippen LogP contribution in [0.25, 0.3) is 0 Å². The van der Waals surface area contributed by atoms with Crippen molar-refractivity contribution in [1.82, 2.24) is 9.62 Å². The average molecular weight is 354 g/mol. The Morgan fingerprint density at radius 3 is 2.58 bits per heavy atom. The van der Waals surface area contributed by atoms with E-state index in [0.29, 0.717) is 32.5 Å². The Morgan fingerprint density at radius 1 is 1.29 bits per heavy atom. The number of nitrogens with zero attached hydrogens (tertiary/aromatic N) is 1. The van der Waals surface area contributed by atoms with Crippen LogP contribution >= 0.6 is 0 Å². The van der Waals surface area contributed by atoms with Gasteiger partial charge in [-0.2, -0.15) is 4.31 Å². The van der Waals surface area contributed by atoms with Crippen molar-refractivity contribution in [2.45, 2.75) is 32.8 Å². The van der Waals surface area contributed by atoms with Crippen LogP contribution in [0.15, 0.2) is 18.2 Å². The predicted octanol–water partition coefficient (Wildman–Crippen LogP) is 1.01.